The highest BCUT2D eigenvalue weighted by atomic mass is 16.3. The van der Waals surface area contributed by atoms with Crippen LogP contribution in [0.5, 0.6) is 0 Å². The molecule has 0 amide bonds. The number of aliphatic hydroxyl groups is 1. The molecular formula is C13H19N3O. The molecule has 0 atom stereocenters. The van der Waals surface area contributed by atoms with E-state index >= 15 is 0 Å². The van der Waals surface area contributed by atoms with E-state index < -0.39 is 5.60 Å². The van der Waals surface area contributed by atoms with E-state index in [0.29, 0.717) is 13.1 Å². The van der Waals surface area contributed by atoms with Crippen molar-refractivity contribution in [1.29, 1.82) is 0 Å². The van der Waals surface area contributed by atoms with Crippen molar-refractivity contribution >= 4 is 5.82 Å². The molecular weight excluding hydrogens is 214 g/mol. The minimum atomic E-state index is -0.494. The van der Waals surface area contributed by atoms with E-state index in [1.807, 2.05) is 6.92 Å². The summed E-state index contributed by atoms with van der Waals surface area (Å²) in [6, 6.07) is 0. The van der Waals surface area contributed by atoms with Crippen LogP contribution in [0.3, 0.4) is 0 Å². The molecule has 4 heteroatoms. The molecule has 4 nitrogen and oxygen atoms in total. The first-order chi connectivity index (χ1) is 8.22. The van der Waals surface area contributed by atoms with E-state index in [1.54, 1.807) is 6.33 Å². The SMILES string of the molecule is CCC1(O)CN(c2ncnc3c2CCCC3)C1. The zero-order chi connectivity index (χ0) is 11.9. The summed E-state index contributed by atoms with van der Waals surface area (Å²) in [6.45, 7) is 3.46. The van der Waals surface area contributed by atoms with Gasteiger partial charge >= 0.3 is 0 Å². The predicted octanol–water partition coefficient (Wildman–Crippen LogP) is 1.32. The van der Waals surface area contributed by atoms with Gasteiger partial charge in [0.25, 0.3) is 0 Å². The fourth-order valence-electron chi connectivity index (χ4n) is 2.81. The summed E-state index contributed by atoms with van der Waals surface area (Å²) in [5.41, 5.74) is 2.04. The van der Waals surface area contributed by atoms with Crippen molar-refractivity contribution in [2.75, 3.05) is 18.0 Å². The lowest BCUT2D eigenvalue weighted by molar-refractivity contribution is 0.00792. The number of aryl methyl sites for hydroxylation is 1. The Kier molecular flexibility index (Phi) is 2.54. The number of β-amino-alcohol motifs (C(OH)–C–C–N with tert-alkyl or cyclic N) is 1. The summed E-state index contributed by atoms with van der Waals surface area (Å²) >= 11 is 0. The van der Waals surface area contributed by atoms with Crippen LogP contribution >= 0.6 is 0 Å². The van der Waals surface area contributed by atoms with Gasteiger partial charge in [0.15, 0.2) is 0 Å². The summed E-state index contributed by atoms with van der Waals surface area (Å²) < 4.78 is 0. The maximum absolute atomic E-state index is 10.1. The van der Waals surface area contributed by atoms with Crippen molar-refractivity contribution in [1.82, 2.24) is 9.97 Å². The highest BCUT2D eigenvalue weighted by Gasteiger charge is 2.41. The molecule has 0 bridgehead atoms. The van der Waals surface area contributed by atoms with Crippen LogP contribution in [0.1, 0.15) is 37.4 Å². The van der Waals surface area contributed by atoms with Gasteiger partial charge in [-0.25, -0.2) is 9.97 Å². The fraction of sp³-hybridized carbons (Fsp3) is 0.692. The zero-order valence-corrected chi connectivity index (χ0v) is 10.3. The predicted molar refractivity (Wildman–Crippen MR) is 66.1 cm³/mol. The Bertz CT molecular complexity index is 427. The van der Waals surface area contributed by atoms with Crippen LogP contribution in [-0.2, 0) is 12.8 Å². The van der Waals surface area contributed by atoms with E-state index in [0.717, 1.165) is 25.1 Å². The molecule has 1 aromatic heterocycles. The first-order valence-electron chi connectivity index (χ1n) is 6.52. The van der Waals surface area contributed by atoms with Gasteiger partial charge in [-0.05, 0) is 32.1 Å². The van der Waals surface area contributed by atoms with Crippen LogP contribution in [0.4, 0.5) is 5.82 Å². The van der Waals surface area contributed by atoms with Gasteiger partial charge in [-0.3, -0.25) is 0 Å². The van der Waals surface area contributed by atoms with Crippen LogP contribution in [-0.4, -0.2) is 33.8 Å². The van der Waals surface area contributed by atoms with Crippen LogP contribution < -0.4 is 4.90 Å². The molecule has 0 saturated carbocycles. The Hall–Kier alpha value is -1.16. The quantitative estimate of drug-likeness (QED) is 0.837. The third kappa shape index (κ3) is 1.80. The lowest BCUT2D eigenvalue weighted by Crippen LogP contribution is -2.62. The van der Waals surface area contributed by atoms with Crippen molar-refractivity contribution in [2.24, 2.45) is 0 Å². The number of rotatable bonds is 2. The van der Waals surface area contributed by atoms with Gasteiger partial charge in [0.2, 0.25) is 0 Å². The molecule has 2 heterocycles. The van der Waals surface area contributed by atoms with E-state index in [-0.39, 0.29) is 0 Å². The summed E-state index contributed by atoms with van der Waals surface area (Å²) in [7, 11) is 0. The second-order valence-electron chi connectivity index (χ2n) is 5.26. The minimum absolute atomic E-state index is 0.494. The number of anilines is 1. The Balaban J connectivity index is 1.85. The average molecular weight is 233 g/mol. The molecule has 1 N–H and O–H groups in total. The molecule has 1 saturated heterocycles. The van der Waals surface area contributed by atoms with Gasteiger partial charge in [0.1, 0.15) is 12.1 Å². The number of aromatic nitrogens is 2. The molecule has 1 aliphatic carbocycles. The molecule has 0 spiro atoms. The molecule has 2 aliphatic rings. The summed E-state index contributed by atoms with van der Waals surface area (Å²) in [5, 5.41) is 10.1. The highest BCUT2D eigenvalue weighted by molar-refractivity contribution is 5.52. The second kappa shape index (κ2) is 3.95. The topological polar surface area (TPSA) is 49.2 Å². The monoisotopic (exact) mass is 233 g/mol. The van der Waals surface area contributed by atoms with Crippen molar-refractivity contribution in [2.45, 2.75) is 44.6 Å². The first kappa shape index (κ1) is 11.0. The maximum Gasteiger partial charge on any atom is 0.135 e. The van der Waals surface area contributed by atoms with Gasteiger partial charge < -0.3 is 10.0 Å². The first-order valence-corrected chi connectivity index (χ1v) is 6.52. The van der Waals surface area contributed by atoms with Crippen LogP contribution in [0.15, 0.2) is 6.33 Å². The minimum Gasteiger partial charge on any atom is -0.386 e. The fourth-order valence-corrected chi connectivity index (χ4v) is 2.81. The number of nitrogens with zero attached hydrogens (tertiary/aromatic N) is 3. The molecule has 17 heavy (non-hydrogen) atoms. The van der Waals surface area contributed by atoms with Crippen LogP contribution in [0.25, 0.3) is 0 Å². The molecule has 0 unspecified atom stereocenters. The van der Waals surface area contributed by atoms with E-state index in [1.165, 1.54) is 24.1 Å². The van der Waals surface area contributed by atoms with Crippen molar-refractivity contribution < 1.29 is 5.11 Å². The van der Waals surface area contributed by atoms with Gasteiger partial charge in [-0.15, -0.1) is 0 Å². The van der Waals surface area contributed by atoms with E-state index in [2.05, 4.69) is 14.9 Å². The number of hydrogen-bond acceptors (Lipinski definition) is 4. The Morgan fingerprint density at radius 3 is 2.82 bits per heavy atom. The third-order valence-corrected chi connectivity index (χ3v) is 4.03. The normalized spacial score (nSPS) is 21.9. The van der Waals surface area contributed by atoms with E-state index in [9.17, 15) is 5.11 Å². The Morgan fingerprint density at radius 2 is 2.06 bits per heavy atom. The maximum atomic E-state index is 10.1. The lowest BCUT2D eigenvalue weighted by Gasteiger charge is -2.47. The third-order valence-electron chi connectivity index (χ3n) is 4.03. The number of hydrogen-bond donors (Lipinski definition) is 1. The van der Waals surface area contributed by atoms with Gasteiger partial charge in [0, 0.05) is 24.3 Å². The summed E-state index contributed by atoms with van der Waals surface area (Å²) in [6.07, 6.45) is 7.13. The standard InChI is InChI=1S/C13H19N3O/c1-2-13(17)7-16(8-13)12-10-5-3-4-6-11(10)14-9-15-12/h9,17H,2-8H2,1H3. The lowest BCUT2D eigenvalue weighted by atomic mass is 9.89. The van der Waals surface area contributed by atoms with Crippen molar-refractivity contribution in [3.8, 4) is 0 Å². The van der Waals surface area contributed by atoms with Crippen molar-refractivity contribution in [3.05, 3.63) is 17.6 Å². The highest BCUT2D eigenvalue weighted by Crippen LogP contribution is 2.33. The van der Waals surface area contributed by atoms with E-state index in [4.69, 9.17) is 0 Å². The Labute approximate surface area is 102 Å². The molecule has 0 aromatic carbocycles. The molecule has 1 aliphatic heterocycles. The Morgan fingerprint density at radius 1 is 1.29 bits per heavy atom. The second-order valence-corrected chi connectivity index (χ2v) is 5.26. The molecule has 92 valence electrons. The molecule has 1 fully saturated rings. The van der Waals surface area contributed by atoms with Gasteiger partial charge in [-0.1, -0.05) is 6.92 Å². The summed E-state index contributed by atoms with van der Waals surface area (Å²) in [4.78, 5) is 11.0. The molecule has 3 rings (SSSR count). The van der Waals surface area contributed by atoms with Crippen LogP contribution in [0, 0.1) is 0 Å². The number of fused-ring (bicyclic) bond motifs is 1. The molecule has 1 aromatic rings. The van der Waals surface area contributed by atoms with Crippen LogP contribution in [0.2, 0.25) is 0 Å². The van der Waals surface area contributed by atoms with Crippen molar-refractivity contribution in [3.63, 3.8) is 0 Å². The summed E-state index contributed by atoms with van der Waals surface area (Å²) in [5.74, 6) is 1.06. The zero-order valence-electron chi connectivity index (χ0n) is 10.3. The van der Waals surface area contributed by atoms with Gasteiger partial charge in [-0.2, -0.15) is 0 Å². The molecule has 0 radical (unpaired) electrons. The smallest absolute Gasteiger partial charge is 0.135 e. The average Bonchev–Trinajstić information content (AvgIpc) is 2.34. The van der Waals surface area contributed by atoms with Gasteiger partial charge in [0.05, 0.1) is 5.60 Å². The largest absolute Gasteiger partial charge is 0.386 e.